The van der Waals surface area contributed by atoms with E-state index >= 15 is 0 Å². The minimum absolute atomic E-state index is 0.0350. The third kappa shape index (κ3) is 7.31. The fraction of sp³-hybridized carbons (Fsp3) is 0.300. The van der Waals surface area contributed by atoms with Crippen molar-refractivity contribution in [2.45, 2.75) is 43.4 Å². The van der Waals surface area contributed by atoms with Gasteiger partial charge in [-0.25, -0.2) is 0 Å². The molecule has 1 aromatic heterocycles. The number of aromatic nitrogens is 1. The number of hydrogen-bond acceptors (Lipinski definition) is 3. The zero-order valence-electron chi connectivity index (χ0n) is 27.3. The maximum Gasteiger partial charge on any atom is 0.265 e. The van der Waals surface area contributed by atoms with Crippen LogP contribution in [0.1, 0.15) is 64.3 Å². The lowest BCUT2D eigenvalue weighted by atomic mass is 9.71. The largest absolute Gasteiger partial charge is 0.364 e. The van der Waals surface area contributed by atoms with Crippen molar-refractivity contribution in [2.24, 2.45) is 12.8 Å². The summed E-state index contributed by atoms with van der Waals surface area (Å²) in [4.78, 5) is 28.9. The topological polar surface area (TPSA) is 80.4 Å². The van der Waals surface area contributed by atoms with Gasteiger partial charge in [0.25, 0.3) is 5.91 Å². The van der Waals surface area contributed by atoms with Gasteiger partial charge < -0.3 is 20.5 Å². The molecule has 48 heavy (non-hydrogen) atoms. The number of piperidine rings is 1. The van der Waals surface area contributed by atoms with E-state index in [9.17, 15) is 9.59 Å². The molecule has 0 aliphatic carbocycles. The van der Waals surface area contributed by atoms with Crippen molar-refractivity contribution in [1.29, 1.82) is 0 Å². The molecule has 2 heterocycles. The lowest BCUT2D eigenvalue weighted by Gasteiger charge is -2.37. The van der Waals surface area contributed by atoms with E-state index in [2.05, 4.69) is 64.8 Å². The predicted octanol–water partition coefficient (Wildman–Crippen LogP) is 7.89. The molecule has 0 atom stereocenters. The number of halogens is 2. The molecule has 5 aromatic rings. The molecule has 4 aromatic carbocycles. The number of likely N-dealkylation sites (tertiary alicyclic amines) is 1. The molecule has 1 aliphatic heterocycles. The van der Waals surface area contributed by atoms with Crippen LogP contribution < -0.4 is 11.1 Å². The molecule has 1 saturated heterocycles. The van der Waals surface area contributed by atoms with Crippen molar-refractivity contribution in [2.75, 3.05) is 26.2 Å². The summed E-state index contributed by atoms with van der Waals surface area (Å²) in [6, 6.07) is 34.4. The SMILES string of the molecule is Cn1c(C(N)=O)c(CC(=O)NCC(CCCN2CCC(c3ccccc3)CC2)(c2ccc(Cl)cc2)c2ccc(Cl)cc2)c2ccccc21. The third-order valence-electron chi connectivity index (χ3n) is 10.1. The zero-order chi connectivity index (χ0) is 33.7. The Morgan fingerprint density at radius 3 is 2.02 bits per heavy atom. The van der Waals surface area contributed by atoms with Crippen molar-refractivity contribution in [3.05, 3.63) is 141 Å². The minimum atomic E-state index is -0.555. The van der Waals surface area contributed by atoms with Gasteiger partial charge in [-0.1, -0.05) is 96.0 Å². The number of carbonyl (C=O) groups excluding carboxylic acids is 2. The summed E-state index contributed by atoms with van der Waals surface area (Å²) in [6.07, 6.45) is 4.08. The number of nitrogens with one attached hydrogen (secondary N) is 1. The minimum Gasteiger partial charge on any atom is -0.364 e. The quantitative estimate of drug-likeness (QED) is 0.141. The molecular weight excluding hydrogens is 639 g/mol. The number of primary amides is 1. The van der Waals surface area contributed by atoms with Crippen molar-refractivity contribution >= 4 is 45.9 Å². The summed E-state index contributed by atoms with van der Waals surface area (Å²) < 4.78 is 1.77. The zero-order valence-corrected chi connectivity index (χ0v) is 28.8. The van der Waals surface area contributed by atoms with Crippen LogP contribution in [0.3, 0.4) is 0 Å². The monoisotopic (exact) mass is 680 g/mol. The molecule has 3 N–H and O–H groups in total. The van der Waals surface area contributed by atoms with Crippen LogP contribution in [0, 0.1) is 0 Å². The summed E-state index contributed by atoms with van der Waals surface area (Å²) in [6.45, 7) is 3.47. The summed E-state index contributed by atoms with van der Waals surface area (Å²) in [5, 5.41) is 5.43. The van der Waals surface area contributed by atoms with Gasteiger partial charge >= 0.3 is 0 Å². The predicted molar refractivity (Wildman–Crippen MR) is 196 cm³/mol. The number of benzene rings is 4. The van der Waals surface area contributed by atoms with E-state index < -0.39 is 11.3 Å². The van der Waals surface area contributed by atoms with Crippen LogP contribution in [0.15, 0.2) is 103 Å². The average Bonchev–Trinajstić information content (AvgIpc) is 3.38. The van der Waals surface area contributed by atoms with Crippen LogP contribution in [-0.4, -0.2) is 47.5 Å². The van der Waals surface area contributed by atoms with E-state index in [-0.39, 0.29) is 12.3 Å². The van der Waals surface area contributed by atoms with Crippen molar-refractivity contribution < 1.29 is 9.59 Å². The standard InChI is InChI=1S/C40H42Cl2N4O2/c1-45-36-11-6-5-10-34(36)35(38(45)39(43)48)26-37(47)44-27-40(30-12-16-32(41)17-13-30,31-14-18-33(42)19-15-31)22-7-23-46-24-20-29(21-25-46)28-8-3-2-4-9-28/h2-6,8-19,29H,7,20-27H2,1H3,(H2,43,48)(H,44,47). The number of amides is 2. The number of carbonyl (C=O) groups is 2. The fourth-order valence-corrected chi connectivity index (χ4v) is 7.79. The first-order valence-corrected chi connectivity index (χ1v) is 17.4. The van der Waals surface area contributed by atoms with Crippen LogP contribution in [0.4, 0.5) is 0 Å². The molecule has 0 spiro atoms. The molecule has 0 unspecified atom stereocenters. The number of nitrogens with two attached hydrogens (primary N) is 1. The van der Waals surface area contributed by atoms with Crippen LogP contribution >= 0.6 is 23.2 Å². The first-order chi connectivity index (χ1) is 23.2. The second kappa shape index (κ2) is 15.0. The Balaban J connectivity index is 1.24. The van der Waals surface area contributed by atoms with Gasteiger partial charge in [0.05, 0.1) is 6.42 Å². The van der Waals surface area contributed by atoms with Gasteiger partial charge in [-0.05, 0) is 98.3 Å². The van der Waals surface area contributed by atoms with E-state index in [4.69, 9.17) is 28.9 Å². The number of rotatable bonds is 12. The molecule has 0 bridgehead atoms. The summed E-state index contributed by atoms with van der Waals surface area (Å²) in [5.74, 6) is -0.123. The molecule has 0 radical (unpaired) electrons. The van der Waals surface area contributed by atoms with Crippen LogP contribution in [0.2, 0.25) is 10.0 Å². The Kier molecular flexibility index (Phi) is 10.5. The van der Waals surface area contributed by atoms with Gasteiger partial charge in [0, 0.05) is 45.5 Å². The average molecular weight is 682 g/mol. The molecular formula is C40H42Cl2N4O2. The van der Waals surface area contributed by atoms with Crippen molar-refractivity contribution in [3.63, 3.8) is 0 Å². The molecule has 0 saturated carbocycles. The van der Waals surface area contributed by atoms with Gasteiger partial charge in [0.2, 0.25) is 5.91 Å². The Morgan fingerprint density at radius 1 is 0.833 bits per heavy atom. The van der Waals surface area contributed by atoms with Gasteiger partial charge in [0.1, 0.15) is 5.69 Å². The Labute approximate surface area is 292 Å². The second-order valence-electron chi connectivity index (χ2n) is 12.9. The molecule has 1 fully saturated rings. The lowest BCUT2D eigenvalue weighted by molar-refractivity contribution is -0.120. The summed E-state index contributed by atoms with van der Waals surface area (Å²) in [5.41, 5.74) is 10.7. The first-order valence-electron chi connectivity index (χ1n) is 16.7. The molecule has 6 rings (SSSR count). The van der Waals surface area contributed by atoms with Gasteiger partial charge in [-0.3, -0.25) is 9.59 Å². The smallest absolute Gasteiger partial charge is 0.265 e. The lowest BCUT2D eigenvalue weighted by Crippen LogP contribution is -2.43. The van der Waals surface area contributed by atoms with E-state index in [1.165, 1.54) is 5.56 Å². The fourth-order valence-electron chi connectivity index (χ4n) is 7.54. The molecule has 2 amide bonds. The van der Waals surface area contributed by atoms with Crippen LogP contribution in [0.5, 0.6) is 0 Å². The third-order valence-corrected chi connectivity index (χ3v) is 10.6. The number of nitrogens with zero attached hydrogens (tertiary/aromatic N) is 2. The highest BCUT2D eigenvalue weighted by molar-refractivity contribution is 6.30. The molecule has 248 valence electrons. The van der Waals surface area contributed by atoms with Crippen molar-refractivity contribution in [1.82, 2.24) is 14.8 Å². The van der Waals surface area contributed by atoms with Crippen LogP contribution in [-0.2, 0) is 23.7 Å². The Morgan fingerprint density at radius 2 is 1.42 bits per heavy atom. The Hall–Kier alpha value is -4.10. The van der Waals surface area contributed by atoms with E-state index in [0.29, 0.717) is 33.8 Å². The van der Waals surface area contributed by atoms with Crippen LogP contribution in [0.25, 0.3) is 10.9 Å². The maximum absolute atomic E-state index is 13.8. The molecule has 8 heteroatoms. The highest BCUT2D eigenvalue weighted by Crippen LogP contribution is 2.38. The van der Waals surface area contributed by atoms with Crippen molar-refractivity contribution in [3.8, 4) is 0 Å². The second-order valence-corrected chi connectivity index (χ2v) is 13.8. The van der Waals surface area contributed by atoms with E-state index in [1.54, 1.807) is 11.6 Å². The van der Waals surface area contributed by atoms with Gasteiger partial charge in [-0.15, -0.1) is 0 Å². The summed E-state index contributed by atoms with van der Waals surface area (Å²) in [7, 11) is 1.81. The number of hydrogen-bond donors (Lipinski definition) is 2. The number of para-hydroxylation sites is 1. The molecule has 6 nitrogen and oxygen atoms in total. The first kappa shape index (κ1) is 33.8. The van der Waals surface area contributed by atoms with Gasteiger partial charge in [0.15, 0.2) is 0 Å². The summed E-state index contributed by atoms with van der Waals surface area (Å²) >= 11 is 12.7. The molecule has 1 aliphatic rings. The highest BCUT2D eigenvalue weighted by atomic mass is 35.5. The maximum atomic E-state index is 13.8. The number of fused-ring (bicyclic) bond motifs is 1. The number of aryl methyl sites for hydroxylation is 1. The highest BCUT2D eigenvalue weighted by Gasteiger charge is 2.35. The Bertz CT molecular complexity index is 1820. The van der Waals surface area contributed by atoms with Gasteiger partial charge in [-0.2, -0.15) is 0 Å². The van der Waals surface area contributed by atoms with E-state index in [1.807, 2.05) is 48.5 Å². The van der Waals surface area contributed by atoms with E-state index in [0.717, 1.165) is 67.3 Å². The normalized spacial score (nSPS) is 14.3.